The normalized spacial score (nSPS) is 37.4. The van der Waals surface area contributed by atoms with Crippen molar-refractivity contribution in [3.63, 3.8) is 0 Å². The Bertz CT molecular complexity index is 1180. The van der Waals surface area contributed by atoms with Crippen molar-refractivity contribution in [1.29, 1.82) is 0 Å². The van der Waals surface area contributed by atoms with Gasteiger partial charge in [-0.3, -0.25) is 9.59 Å². The maximum absolute atomic E-state index is 13.8. The second-order valence-electron chi connectivity index (χ2n) is 12.4. The van der Waals surface area contributed by atoms with Crippen LogP contribution >= 0.6 is 0 Å². The van der Waals surface area contributed by atoms with E-state index in [9.17, 15) is 24.6 Å². The molecule has 0 aromatic carbocycles. The molecular weight excluding hydrogens is 446 g/mol. The summed E-state index contributed by atoms with van der Waals surface area (Å²) in [5, 5.41) is 21.1. The smallest absolute Gasteiger partial charge is 0.354 e. The van der Waals surface area contributed by atoms with Gasteiger partial charge in [-0.05, 0) is 68.8 Å². The van der Waals surface area contributed by atoms with Crippen LogP contribution in [0.25, 0.3) is 5.57 Å². The Hall–Kier alpha value is -2.54. The predicted molar refractivity (Wildman–Crippen MR) is 128 cm³/mol. The lowest BCUT2D eigenvalue weighted by atomic mass is 9.44. The lowest BCUT2D eigenvalue weighted by molar-refractivity contribution is -0.186. The molecule has 0 spiro atoms. The van der Waals surface area contributed by atoms with E-state index >= 15 is 0 Å². The molecule has 0 saturated heterocycles. The Morgan fingerprint density at radius 2 is 1.83 bits per heavy atom. The number of carboxylic acids is 1. The van der Waals surface area contributed by atoms with Crippen molar-refractivity contribution in [2.24, 2.45) is 22.7 Å². The first-order valence-electron chi connectivity index (χ1n) is 12.7. The number of aliphatic hydroxyl groups is 1. The maximum atomic E-state index is 13.8. The molecule has 0 radical (unpaired) electrons. The largest absolute Gasteiger partial charge is 0.483 e. The van der Waals surface area contributed by atoms with Gasteiger partial charge in [0.25, 0.3) is 0 Å². The quantitative estimate of drug-likeness (QED) is 0.645. The summed E-state index contributed by atoms with van der Waals surface area (Å²) in [6, 6.07) is 3.00. The maximum Gasteiger partial charge on any atom is 0.354 e. The number of aromatic carboxylic acids is 1. The number of ether oxygens (including phenoxy) is 1. The van der Waals surface area contributed by atoms with Crippen LogP contribution in [0.1, 0.15) is 101 Å². The van der Waals surface area contributed by atoms with Crippen LogP contribution in [0.3, 0.4) is 0 Å². The number of ketones is 2. The summed E-state index contributed by atoms with van der Waals surface area (Å²) < 4.78 is 6.60. The van der Waals surface area contributed by atoms with Crippen LogP contribution in [0.4, 0.5) is 0 Å². The van der Waals surface area contributed by atoms with Crippen molar-refractivity contribution in [2.75, 3.05) is 0 Å². The van der Waals surface area contributed by atoms with E-state index in [0.29, 0.717) is 23.5 Å². The van der Waals surface area contributed by atoms with E-state index in [1.807, 2.05) is 0 Å². The molecule has 5 rings (SSSR count). The van der Waals surface area contributed by atoms with Crippen LogP contribution in [0.15, 0.2) is 17.9 Å². The Kier molecular flexibility index (Phi) is 5.17. The van der Waals surface area contributed by atoms with Crippen molar-refractivity contribution in [3.8, 4) is 0 Å². The summed E-state index contributed by atoms with van der Waals surface area (Å²) in [4.78, 5) is 41.7. The number of pyridine rings is 1. The summed E-state index contributed by atoms with van der Waals surface area (Å²) in [6.07, 6.45) is 5.40. The van der Waals surface area contributed by atoms with Crippen molar-refractivity contribution in [1.82, 2.24) is 4.98 Å². The molecule has 1 aromatic rings. The number of hydrogen-bond acceptors (Lipinski definition) is 6. The van der Waals surface area contributed by atoms with Crippen LogP contribution < -0.4 is 0 Å². The molecule has 2 N–H and O–H groups in total. The Morgan fingerprint density at radius 3 is 2.49 bits per heavy atom. The average Bonchev–Trinajstić information content (AvgIpc) is 2.75. The minimum Gasteiger partial charge on any atom is -0.483 e. The minimum atomic E-state index is -2.25. The Balaban J connectivity index is 1.68. The second-order valence-corrected chi connectivity index (χ2v) is 12.4. The van der Waals surface area contributed by atoms with Gasteiger partial charge in [0.1, 0.15) is 17.1 Å². The van der Waals surface area contributed by atoms with E-state index in [0.717, 1.165) is 25.7 Å². The monoisotopic (exact) mass is 481 g/mol. The molecule has 2 saturated carbocycles. The van der Waals surface area contributed by atoms with Gasteiger partial charge in [-0.2, -0.15) is 0 Å². The van der Waals surface area contributed by atoms with Crippen LogP contribution in [0, 0.1) is 22.7 Å². The van der Waals surface area contributed by atoms with Gasteiger partial charge < -0.3 is 14.9 Å². The molecule has 2 heterocycles. The first kappa shape index (κ1) is 24.2. The molecule has 7 nitrogen and oxygen atoms in total. The zero-order valence-corrected chi connectivity index (χ0v) is 21.2. The number of carbonyl (C=O) groups is 3. The zero-order chi connectivity index (χ0) is 25.6. The molecule has 1 aromatic heterocycles. The van der Waals surface area contributed by atoms with Crippen LogP contribution in [-0.4, -0.2) is 38.3 Å². The third kappa shape index (κ3) is 3.34. The zero-order valence-electron chi connectivity index (χ0n) is 21.2. The van der Waals surface area contributed by atoms with Gasteiger partial charge in [0.15, 0.2) is 11.4 Å². The first-order valence-corrected chi connectivity index (χ1v) is 12.7. The number of carboxylic acid groups (broad SMARTS) is 1. The van der Waals surface area contributed by atoms with Gasteiger partial charge in [0, 0.05) is 23.5 Å². The van der Waals surface area contributed by atoms with Crippen molar-refractivity contribution >= 4 is 23.1 Å². The van der Waals surface area contributed by atoms with Crippen molar-refractivity contribution in [2.45, 2.75) is 90.8 Å². The van der Waals surface area contributed by atoms with Crippen molar-refractivity contribution < 1.29 is 29.3 Å². The molecule has 2 fully saturated rings. The third-order valence-corrected chi connectivity index (χ3v) is 9.67. The number of Topliss-reactive ketones (excluding diaryl/α,β-unsaturated/α-hetero) is 2. The highest BCUT2D eigenvalue weighted by Crippen LogP contribution is 2.66. The molecule has 188 valence electrons. The van der Waals surface area contributed by atoms with E-state index in [1.54, 1.807) is 6.07 Å². The summed E-state index contributed by atoms with van der Waals surface area (Å²) >= 11 is 0. The summed E-state index contributed by atoms with van der Waals surface area (Å²) in [5.74, 6) is -1.54. The highest BCUT2D eigenvalue weighted by molar-refractivity contribution is 6.11. The molecule has 35 heavy (non-hydrogen) atoms. The van der Waals surface area contributed by atoms with E-state index in [-0.39, 0.29) is 33.9 Å². The SMILES string of the molecule is CC(=O)CC1(O)C(=O)C2=C(C[C@H]3[C@]4(C)CCCC(C)(C)[C@H]4CC[C@]3(C)O2)c2ccc(C(=O)O)nc21. The highest BCUT2D eigenvalue weighted by Gasteiger charge is 2.63. The Morgan fingerprint density at radius 1 is 1.11 bits per heavy atom. The molecule has 0 amide bonds. The minimum absolute atomic E-state index is 0.0259. The number of hydrogen-bond donors (Lipinski definition) is 2. The fourth-order valence-electron chi connectivity index (χ4n) is 8.14. The molecule has 1 unspecified atom stereocenters. The van der Waals surface area contributed by atoms with Gasteiger partial charge >= 0.3 is 5.97 Å². The van der Waals surface area contributed by atoms with E-state index in [4.69, 9.17) is 4.74 Å². The van der Waals surface area contributed by atoms with Gasteiger partial charge in [-0.25, -0.2) is 9.78 Å². The van der Waals surface area contributed by atoms with Gasteiger partial charge in [-0.1, -0.05) is 33.3 Å². The lowest BCUT2D eigenvalue weighted by Crippen LogP contribution is -2.60. The fourth-order valence-corrected chi connectivity index (χ4v) is 8.14. The van der Waals surface area contributed by atoms with Crippen LogP contribution in [0.2, 0.25) is 0 Å². The molecule has 0 bridgehead atoms. The van der Waals surface area contributed by atoms with E-state index in [2.05, 4.69) is 32.7 Å². The fraction of sp³-hybridized carbons (Fsp3) is 0.643. The number of carbonyl (C=O) groups excluding carboxylic acids is 2. The summed E-state index contributed by atoms with van der Waals surface area (Å²) in [7, 11) is 0. The molecule has 4 aliphatic rings. The summed E-state index contributed by atoms with van der Waals surface area (Å²) in [5.41, 5.74) is -1.70. The first-order chi connectivity index (χ1) is 16.2. The second kappa shape index (κ2) is 7.48. The van der Waals surface area contributed by atoms with Gasteiger partial charge in [-0.15, -0.1) is 0 Å². The third-order valence-electron chi connectivity index (χ3n) is 9.67. The van der Waals surface area contributed by atoms with E-state index in [1.165, 1.54) is 19.4 Å². The number of allylic oxidation sites excluding steroid dienone is 1. The van der Waals surface area contributed by atoms with Gasteiger partial charge in [0.2, 0.25) is 5.78 Å². The Labute approximate surface area is 206 Å². The number of rotatable bonds is 3. The average molecular weight is 482 g/mol. The molecular formula is C28H35NO6. The molecule has 1 aliphatic heterocycles. The lowest BCUT2D eigenvalue weighted by Gasteiger charge is -2.63. The predicted octanol–water partition coefficient (Wildman–Crippen LogP) is 4.66. The number of fused-ring (bicyclic) bond motifs is 5. The van der Waals surface area contributed by atoms with E-state index < -0.39 is 35.2 Å². The molecule has 7 heteroatoms. The topological polar surface area (TPSA) is 114 Å². The van der Waals surface area contributed by atoms with Crippen LogP contribution in [0.5, 0.6) is 0 Å². The molecule has 3 aliphatic carbocycles. The van der Waals surface area contributed by atoms with Gasteiger partial charge in [0.05, 0.1) is 5.69 Å². The summed E-state index contributed by atoms with van der Waals surface area (Å²) in [6.45, 7) is 10.5. The standard InChI is InChI=1S/C28H35NO6/c1-15(30)14-28(34)22-16(7-8-18(29-22)24(32)33)17-13-20-26(4)11-6-10-25(2,3)19(26)9-12-27(20,5)35-21(17)23(28)31/h7-8,19-20,34H,6,9-14H2,1-5H3,(H,32,33)/t19-,20+,26-,27+,28?/m1/s1. The molecule has 5 atom stereocenters. The number of aromatic nitrogens is 1. The number of nitrogens with zero attached hydrogens (tertiary/aromatic N) is 1. The van der Waals surface area contributed by atoms with Crippen molar-refractivity contribution in [3.05, 3.63) is 34.8 Å². The van der Waals surface area contributed by atoms with Crippen LogP contribution in [-0.2, 0) is 19.9 Å². The highest BCUT2D eigenvalue weighted by atomic mass is 16.5.